The van der Waals surface area contributed by atoms with E-state index < -0.39 is 0 Å². The fourth-order valence-electron chi connectivity index (χ4n) is 2.39. The Bertz CT molecular complexity index is 872. The van der Waals surface area contributed by atoms with Crippen molar-refractivity contribution in [2.45, 2.75) is 26.7 Å². The Balaban J connectivity index is 1.90. The molecule has 1 amide bonds. The second-order valence-electron chi connectivity index (χ2n) is 6.11. The number of hydrogen-bond acceptors (Lipinski definition) is 6. The molecular weight excluding hydrogens is 372 g/mol. The molecule has 7 heteroatoms. The number of ether oxygens (including phenoxy) is 3. The summed E-state index contributed by atoms with van der Waals surface area (Å²) in [6, 6.07) is 13.2. The molecule has 1 N–H and O–H groups in total. The van der Waals surface area contributed by atoms with Gasteiger partial charge in [0.05, 0.1) is 30.4 Å². The maximum atomic E-state index is 12.2. The van der Waals surface area contributed by atoms with E-state index in [0.717, 1.165) is 12.8 Å². The van der Waals surface area contributed by atoms with Crippen molar-refractivity contribution in [1.29, 1.82) is 5.26 Å². The van der Waals surface area contributed by atoms with E-state index in [4.69, 9.17) is 19.5 Å². The number of hydrogen-bond donors (Lipinski definition) is 1. The quantitative estimate of drug-likeness (QED) is 0.483. The Labute approximate surface area is 170 Å². The van der Waals surface area contributed by atoms with Gasteiger partial charge in [0, 0.05) is 11.8 Å². The highest BCUT2D eigenvalue weighted by Gasteiger charge is 2.11. The van der Waals surface area contributed by atoms with Crippen LogP contribution in [0, 0.1) is 11.3 Å². The van der Waals surface area contributed by atoms with E-state index in [1.165, 1.54) is 0 Å². The zero-order valence-electron chi connectivity index (χ0n) is 16.6. The highest BCUT2D eigenvalue weighted by Crippen LogP contribution is 2.28. The molecule has 0 saturated carbocycles. The van der Waals surface area contributed by atoms with Gasteiger partial charge >= 0.3 is 5.97 Å². The van der Waals surface area contributed by atoms with Gasteiger partial charge in [-0.05, 0) is 49.7 Å². The van der Waals surface area contributed by atoms with Gasteiger partial charge in [0.15, 0.2) is 18.1 Å². The predicted octanol–water partition coefficient (Wildman–Crippen LogP) is 3.93. The van der Waals surface area contributed by atoms with Crippen LogP contribution >= 0.6 is 0 Å². The molecule has 0 saturated heterocycles. The Morgan fingerprint density at radius 1 is 1.03 bits per heavy atom. The van der Waals surface area contributed by atoms with Gasteiger partial charge in [-0.15, -0.1) is 0 Å². The van der Waals surface area contributed by atoms with Crippen LogP contribution in [0.4, 0.5) is 5.69 Å². The molecule has 0 aromatic heterocycles. The molecule has 0 radical (unpaired) electrons. The van der Waals surface area contributed by atoms with Crippen molar-refractivity contribution in [2.75, 3.05) is 25.1 Å². The molecule has 0 aliphatic rings. The SMILES string of the molecule is CCCCOC(=O)c1ccc(NC(=O)COc2ccc(C#N)cc2OCC)cc1. The number of esters is 1. The molecule has 2 rings (SSSR count). The van der Waals surface area contributed by atoms with Gasteiger partial charge in [-0.1, -0.05) is 13.3 Å². The lowest BCUT2D eigenvalue weighted by molar-refractivity contribution is -0.118. The molecule has 7 nitrogen and oxygen atoms in total. The molecule has 0 bridgehead atoms. The molecule has 2 aromatic carbocycles. The molecule has 0 aliphatic carbocycles. The number of rotatable bonds is 10. The summed E-state index contributed by atoms with van der Waals surface area (Å²) in [5.74, 6) is 0.0375. The summed E-state index contributed by atoms with van der Waals surface area (Å²) in [4.78, 5) is 24.0. The summed E-state index contributed by atoms with van der Waals surface area (Å²) in [5.41, 5.74) is 1.40. The molecule has 152 valence electrons. The van der Waals surface area contributed by atoms with Crippen LogP contribution < -0.4 is 14.8 Å². The van der Waals surface area contributed by atoms with Crippen molar-refractivity contribution in [2.24, 2.45) is 0 Å². The van der Waals surface area contributed by atoms with Crippen molar-refractivity contribution in [1.82, 2.24) is 0 Å². The standard InChI is InChI=1S/C22H24N2O5/c1-3-5-12-28-22(26)17-7-9-18(10-8-17)24-21(25)15-29-19-11-6-16(14-23)13-20(19)27-4-2/h6-11,13H,3-5,12,15H2,1-2H3,(H,24,25). The zero-order valence-corrected chi connectivity index (χ0v) is 16.6. The Morgan fingerprint density at radius 3 is 2.45 bits per heavy atom. The van der Waals surface area contributed by atoms with Crippen LogP contribution in [0.5, 0.6) is 11.5 Å². The van der Waals surface area contributed by atoms with E-state index >= 15 is 0 Å². The molecule has 0 aliphatic heterocycles. The summed E-state index contributed by atoms with van der Waals surface area (Å²) >= 11 is 0. The van der Waals surface area contributed by atoms with Gasteiger partial charge in [-0.2, -0.15) is 5.26 Å². The van der Waals surface area contributed by atoms with Gasteiger partial charge in [-0.25, -0.2) is 4.79 Å². The first-order valence-electron chi connectivity index (χ1n) is 9.44. The number of nitriles is 1. The van der Waals surface area contributed by atoms with E-state index in [1.54, 1.807) is 42.5 Å². The summed E-state index contributed by atoms with van der Waals surface area (Å²) in [6.45, 7) is 4.41. The number of carbonyl (C=O) groups is 2. The van der Waals surface area contributed by atoms with Crippen molar-refractivity contribution < 1.29 is 23.8 Å². The highest BCUT2D eigenvalue weighted by molar-refractivity contribution is 5.93. The number of amides is 1. The van der Waals surface area contributed by atoms with Crippen molar-refractivity contribution in [3.8, 4) is 17.6 Å². The van der Waals surface area contributed by atoms with Crippen molar-refractivity contribution in [3.63, 3.8) is 0 Å². The maximum absolute atomic E-state index is 12.2. The van der Waals surface area contributed by atoms with E-state index in [9.17, 15) is 9.59 Å². The minimum atomic E-state index is -0.385. The number of carbonyl (C=O) groups excluding carboxylic acids is 2. The van der Waals surface area contributed by atoms with Crippen LogP contribution in [-0.2, 0) is 9.53 Å². The lowest BCUT2D eigenvalue weighted by atomic mass is 10.2. The number of anilines is 1. The van der Waals surface area contributed by atoms with Crippen LogP contribution in [0.2, 0.25) is 0 Å². The third-order valence-corrected chi connectivity index (χ3v) is 3.87. The third-order valence-electron chi connectivity index (χ3n) is 3.87. The normalized spacial score (nSPS) is 9.97. The van der Waals surface area contributed by atoms with E-state index in [1.807, 2.05) is 19.9 Å². The molecule has 2 aromatic rings. The van der Waals surface area contributed by atoms with Crippen molar-refractivity contribution >= 4 is 17.6 Å². The first-order chi connectivity index (χ1) is 14.1. The van der Waals surface area contributed by atoms with Gasteiger partial charge < -0.3 is 19.5 Å². The minimum Gasteiger partial charge on any atom is -0.490 e. The van der Waals surface area contributed by atoms with Gasteiger partial charge in [0.2, 0.25) is 0 Å². The number of nitrogens with zero attached hydrogens (tertiary/aromatic N) is 1. The van der Waals surface area contributed by atoms with Crippen LogP contribution in [0.3, 0.4) is 0 Å². The zero-order chi connectivity index (χ0) is 21.1. The second kappa shape index (κ2) is 11.3. The van der Waals surface area contributed by atoms with Crippen LogP contribution in [0.25, 0.3) is 0 Å². The first-order valence-corrected chi connectivity index (χ1v) is 9.44. The molecule has 0 unspecified atom stereocenters. The second-order valence-corrected chi connectivity index (χ2v) is 6.11. The van der Waals surface area contributed by atoms with Gasteiger partial charge in [-0.3, -0.25) is 4.79 Å². The van der Waals surface area contributed by atoms with E-state index in [0.29, 0.717) is 41.5 Å². The number of benzene rings is 2. The van der Waals surface area contributed by atoms with Gasteiger partial charge in [0.25, 0.3) is 5.91 Å². The highest BCUT2D eigenvalue weighted by atomic mass is 16.5. The lowest BCUT2D eigenvalue weighted by Crippen LogP contribution is -2.20. The smallest absolute Gasteiger partial charge is 0.338 e. The monoisotopic (exact) mass is 396 g/mol. The van der Waals surface area contributed by atoms with E-state index in [2.05, 4.69) is 5.32 Å². The molecule has 0 heterocycles. The molecule has 0 atom stereocenters. The number of unbranched alkanes of at least 4 members (excludes halogenated alkanes) is 1. The fraction of sp³-hybridized carbons (Fsp3) is 0.318. The third kappa shape index (κ3) is 6.85. The molecule has 0 spiro atoms. The average molecular weight is 396 g/mol. The van der Waals surface area contributed by atoms with Crippen LogP contribution in [0.1, 0.15) is 42.6 Å². The largest absolute Gasteiger partial charge is 0.490 e. The summed E-state index contributed by atoms with van der Waals surface area (Å²) < 4.78 is 16.1. The fourth-order valence-corrected chi connectivity index (χ4v) is 2.39. The predicted molar refractivity (Wildman–Crippen MR) is 108 cm³/mol. The minimum absolute atomic E-state index is 0.229. The summed E-state index contributed by atoms with van der Waals surface area (Å²) in [7, 11) is 0. The number of nitrogens with one attached hydrogen (secondary N) is 1. The molecule has 0 fully saturated rings. The average Bonchev–Trinajstić information content (AvgIpc) is 2.73. The van der Waals surface area contributed by atoms with E-state index in [-0.39, 0.29) is 18.5 Å². The van der Waals surface area contributed by atoms with Crippen molar-refractivity contribution in [3.05, 3.63) is 53.6 Å². The Hall–Kier alpha value is -3.53. The maximum Gasteiger partial charge on any atom is 0.338 e. The Morgan fingerprint density at radius 2 is 1.79 bits per heavy atom. The molecule has 29 heavy (non-hydrogen) atoms. The topological polar surface area (TPSA) is 97.6 Å². The lowest BCUT2D eigenvalue weighted by Gasteiger charge is -2.12. The Kier molecular flexibility index (Phi) is 8.51. The summed E-state index contributed by atoms with van der Waals surface area (Å²) in [5, 5.41) is 11.7. The first kappa shape index (κ1) is 21.8. The van der Waals surface area contributed by atoms with Crippen LogP contribution in [0.15, 0.2) is 42.5 Å². The van der Waals surface area contributed by atoms with Crippen LogP contribution in [-0.4, -0.2) is 31.7 Å². The van der Waals surface area contributed by atoms with Gasteiger partial charge in [0.1, 0.15) is 0 Å². The summed E-state index contributed by atoms with van der Waals surface area (Å²) in [6.07, 6.45) is 1.78. The molecular formula is C22H24N2O5.